The Hall–Kier alpha value is -1.38. The van der Waals surface area contributed by atoms with Gasteiger partial charge in [-0.2, -0.15) is 0 Å². The van der Waals surface area contributed by atoms with Crippen molar-refractivity contribution in [2.75, 3.05) is 0 Å². The Morgan fingerprint density at radius 2 is 1.95 bits per heavy atom. The van der Waals surface area contributed by atoms with E-state index in [1.165, 1.54) is 31.4 Å². The zero-order valence-corrected chi connectivity index (χ0v) is 12.0. The molecule has 2 aliphatic carbocycles. The van der Waals surface area contributed by atoms with Crippen molar-refractivity contribution < 1.29 is 4.84 Å². The SMILES string of the molecule is CC(C)(C)ON=C(c1ccc(C2CC2)nc1)C1CC1. The molecule has 3 rings (SSSR count). The van der Waals surface area contributed by atoms with Crippen molar-refractivity contribution in [1.29, 1.82) is 0 Å². The van der Waals surface area contributed by atoms with E-state index in [0.717, 1.165) is 11.3 Å². The van der Waals surface area contributed by atoms with Crippen LogP contribution in [-0.2, 0) is 4.84 Å². The molecule has 2 aliphatic rings. The largest absolute Gasteiger partial charge is 0.390 e. The second-order valence-electron chi connectivity index (χ2n) is 6.70. The van der Waals surface area contributed by atoms with Crippen LogP contribution in [0.25, 0.3) is 0 Å². The van der Waals surface area contributed by atoms with E-state index >= 15 is 0 Å². The summed E-state index contributed by atoms with van der Waals surface area (Å²) in [6.45, 7) is 6.07. The summed E-state index contributed by atoms with van der Waals surface area (Å²) in [7, 11) is 0. The van der Waals surface area contributed by atoms with Gasteiger partial charge in [-0.05, 0) is 58.6 Å². The molecule has 0 bridgehead atoms. The molecule has 0 saturated heterocycles. The molecular weight excluding hydrogens is 236 g/mol. The molecule has 1 heterocycles. The van der Waals surface area contributed by atoms with E-state index in [9.17, 15) is 0 Å². The highest BCUT2D eigenvalue weighted by Gasteiger charge is 2.31. The maximum Gasteiger partial charge on any atom is 0.129 e. The number of nitrogens with zero attached hydrogens (tertiary/aromatic N) is 2. The first-order chi connectivity index (χ1) is 9.03. The summed E-state index contributed by atoms with van der Waals surface area (Å²) >= 11 is 0. The lowest BCUT2D eigenvalue weighted by Gasteiger charge is -2.17. The molecule has 0 unspecified atom stereocenters. The fraction of sp³-hybridized carbons (Fsp3) is 0.625. The van der Waals surface area contributed by atoms with Gasteiger partial charge in [0.25, 0.3) is 0 Å². The van der Waals surface area contributed by atoms with E-state index in [2.05, 4.69) is 22.3 Å². The van der Waals surface area contributed by atoms with Gasteiger partial charge in [-0.3, -0.25) is 4.98 Å². The van der Waals surface area contributed by atoms with Gasteiger partial charge < -0.3 is 4.84 Å². The molecule has 0 N–H and O–H groups in total. The van der Waals surface area contributed by atoms with Gasteiger partial charge in [-0.25, -0.2) is 0 Å². The fourth-order valence-corrected chi connectivity index (χ4v) is 2.08. The first-order valence-corrected chi connectivity index (χ1v) is 7.25. The molecule has 19 heavy (non-hydrogen) atoms. The molecule has 0 aliphatic heterocycles. The van der Waals surface area contributed by atoms with Crippen LogP contribution in [0.1, 0.15) is 63.6 Å². The minimum absolute atomic E-state index is 0.235. The molecule has 3 nitrogen and oxygen atoms in total. The highest BCUT2D eigenvalue weighted by molar-refractivity contribution is 6.03. The second-order valence-corrected chi connectivity index (χ2v) is 6.70. The maximum atomic E-state index is 5.60. The third kappa shape index (κ3) is 3.34. The number of hydrogen-bond donors (Lipinski definition) is 0. The van der Waals surface area contributed by atoms with E-state index < -0.39 is 0 Å². The van der Waals surface area contributed by atoms with E-state index in [-0.39, 0.29) is 5.60 Å². The summed E-state index contributed by atoms with van der Waals surface area (Å²) in [6.07, 6.45) is 7.00. The Morgan fingerprint density at radius 1 is 1.21 bits per heavy atom. The topological polar surface area (TPSA) is 34.5 Å². The summed E-state index contributed by atoms with van der Waals surface area (Å²) in [5.41, 5.74) is 3.19. The average Bonchev–Trinajstić information content (AvgIpc) is 3.22. The molecular formula is C16H22N2O. The van der Waals surface area contributed by atoms with Crippen LogP contribution >= 0.6 is 0 Å². The lowest BCUT2D eigenvalue weighted by Crippen LogP contribution is -2.18. The van der Waals surface area contributed by atoms with Crippen LogP contribution in [0.5, 0.6) is 0 Å². The standard InChI is InChI=1S/C16H22N2O/c1-16(2,3)19-18-15(12-6-7-12)13-8-9-14(17-10-13)11-4-5-11/h8-12H,4-7H2,1-3H3. The smallest absolute Gasteiger partial charge is 0.129 e. The highest BCUT2D eigenvalue weighted by atomic mass is 16.6. The van der Waals surface area contributed by atoms with Gasteiger partial charge >= 0.3 is 0 Å². The highest BCUT2D eigenvalue weighted by Crippen LogP contribution is 2.39. The molecule has 0 radical (unpaired) electrons. The zero-order valence-electron chi connectivity index (χ0n) is 12.0. The zero-order chi connectivity index (χ0) is 13.5. The van der Waals surface area contributed by atoms with Crippen molar-refractivity contribution in [3.05, 3.63) is 29.6 Å². The van der Waals surface area contributed by atoms with Crippen LogP contribution in [-0.4, -0.2) is 16.3 Å². The van der Waals surface area contributed by atoms with Crippen molar-refractivity contribution in [3.8, 4) is 0 Å². The third-order valence-corrected chi connectivity index (χ3v) is 3.46. The van der Waals surface area contributed by atoms with Gasteiger partial charge in [0.2, 0.25) is 0 Å². The Balaban J connectivity index is 1.79. The van der Waals surface area contributed by atoms with E-state index in [4.69, 9.17) is 4.84 Å². The molecule has 0 spiro atoms. The molecule has 2 saturated carbocycles. The normalized spacial score (nSPS) is 20.5. The molecule has 1 aromatic heterocycles. The Labute approximate surface area is 115 Å². The Kier molecular flexibility index (Phi) is 3.08. The number of hydrogen-bond acceptors (Lipinski definition) is 3. The van der Waals surface area contributed by atoms with Crippen molar-refractivity contribution in [2.45, 2.75) is 58.0 Å². The van der Waals surface area contributed by atoms with Crippen LogP contribution in [0, 0.1) is 5.92 Å². The monoisotopic (exact) mass is 258 g/mol. The molecule has 2 fully saturated rings. The van der Waals surface area contributed by atoms with Crippen molar-refractivity contribution in [2.24, 2.45) is 11.1 Å². The lowest BCUT2D eigenvalue weighted by molar-refractivity contribution is 0.000566. The number of pyridine rings is 1. The summed E-state index contributed by atoms with van der Waals surface area (Å²) in [5.74, 6) is 1.28. The number of aromatic nitrogens is 1. The summed E-state index contributed by atoms with van der Waals surface area (Å²) < 4.78 is 0. The van der Waals surface area contributed by atoms with Gasteiger partial charge in [0.05, 0.1) is 5.71 Å². The van der Waals surface area contributed by atoms with Gasteiger partial charge in [0.1, 0.15) is 5.60 Å². The first-order valence-electron chi connectivity index (χ1n) is 7.25. The van der Waals surface area contributed by atoms with E-state index in [1.807, 2.05) is 27.0 Å². The molecule has 0 atom stereocenters. The van der Waals surface area contributed by atoms with Crippen molar-refractivity contribution in [3.63, 3.8) is 0 Å². The van der Waals surface area contributed by atoms with Crippen LogP contribution in [0.4, 0.5) is 0 Å². The Bertz CT molecular complexity index is 476. The molecule has 0 aromatic carbocycles. The summed E-state index contributed by atoms with van der Waals surface area (Å²) in [6, 6.07) is 4.31. The van der Waals surface area contributed by atoms with Gasteiger partial charge in [0, 0.05) is 29.3 Å². The van der Waals surface area contributed by atoms with Crippen molar-refractivity contribution in [1.82, 2.24) is 4.98 Å². The van der Waals surface area contributed by atoms with Gasteiger partial charge in [-0.1, -0.05) is 5.16 Å². The van der Waals surface area contributed by atoms with Crippen LogP contribution in [0.3, 0.4) is 0 Å². The predicted octanol–water partition coefficient (Wildman–Crippen LogP) is 3.89. The molecule has 102 valence electrons. The summed E-state index contributed by atoms with van der Waals surface area (Å²) in [4.78, 5) is 10.2. The first kappa shape index (κ1) is 12.6. The minimum Gasteiger partial charge on any atom is -0.390 e. The summed E-state index contributed by atoms with van der Waals surface area (Å²) in [5, 5.41) is 4.39. The average molecular weight is 258 g/mol. The van der Waals surface area contributed by atoms with Crippen molar-refractivity contribution >= 4 is 5.71 Å². The van der Waals surface area contributed by atoms with Crippen LogP contribution in [0.15, 0.2) is 23.5 Å². The molecule has 0 amide bonds. The third-order valence-electron chi connectivity index (χ3n) is 3.46. The Morgan fingerprint density at radius 3 is 2.42 bits per heavy atom. The molecule has 3 heteroatoms. The predicted molar refractivity (Wildman–Crippen MR) is 76.3 cm³/mol. The van der Waals surface area contributed by atoms with E-state index in [0.29, 0.717) is 11.8 Å². The molecule has 1 aromatic rings. The minimum atomic E-state index is -0.235. The second kappa shape index (κ2) is 4.62. The van der Waals surface area contributed by atoms with Gasteiger partial charge in [-0.15, -0.1) is 0 Å². The van der Waals surface area contributed by atoms with Crippen LogP contribution < -0.4 is 0 Å². The fourth-order valence-electron chi connectivity index (χ4n) is 2.08. The van der Waals surface area contributed by atoms with Crippen LogP contribution in [0.2, 0.25) is 0 Å². The number of rotatable bonds is 4. The number of oxime groups is 1. The quantitative estimate of drug-likeness (QED) is 0.606. The van der Waals surface area contributed by atoms with Gasteiger partial charge in [0.15, 0.2) is 0 Å². The lowest BCUT2D eigenvalue weighted by atomic mass is 10.1. The maximum absolute atomic E-state index is 5.60. The van der Waals surface area contributed by atoms with E-state index in [1.54, 1.807) is 0 Å².